The third-order valence-electron chi connectivity index (χ3n) is 2.96. The van der Waals surface area contributed by atoms with Gasteiger partial charge in [-0.2, -0.15) is 0 Å². The molecular formula is C15H17N3O2. The number of benzene rings is 1. The minimum atomic E-state index is -0.118. The summed E-state index contributed by atoms with van der Waals surface area (Å²) in [5.41, 5.74) is 14.3. The van der Waals surface area contributed by atoms with E-state index in [9.17, 15) is 4.79 Å². The molecule has 0 atom stereocenters. The van der Waals surface area contributed by atoms with Crippen molar-refractivity contribution in [1.29, 1.82) is 0 Å². The second kappa shape index (κ2) is 6.16. The Morgan fingerprint density at radius 3 is 2.45 bits per heavy atom. The highest BCUT2D eigenvalue weighted by atomic mass is 16.2. The highest BCUT2D eigenvalue weighted by molar-refractivity contribution is 6.22. The number of carbonyl (C=O) groups is 1. The van der Waals surface area contributed by atoms with Crippen LogP contribution >= 0.6 is 0 Å². The molecule has 20 heavy (non-hydrogen) atoms. The van der Waals surface area contributed by atoms with E-state index < -0.39 is 0 Å². The van der Waals surface area contributed by atoms with E-state index in [-0.39, 0.29) is 12.4 Å². The molecule has 2 rings (SSSR count). The van der Waals surface area contributed by atoms with Gasteiger partial charge in [0.1, 0.15) is 0 Å². The van der Waals surface area contributed by atoms with Crippen molar-refractivity contribution in [2.45, 2.75) is 12.8 Å². The lowest BCUT2D eigenvalue weighted by Gasteiger charge is -2.12. The molecule has 0 bridgehead atoms. The largest absolute Gasteiger partial charge is 0.399 e. The number of aliphatic hydroxyl groups excluding tert-OH is 1. The molecule has 5 N–H and O–H groups in total. The molecule has 0 fully saturated rings. The van der Waals surface area contributed by atoms with Gasteiger partial charge in [-0.3, -0.25) is 4.79 Å². The van der Waals surface area contributed by atoms with Crippen LogP contribution in [0.3, 0.4) is 0 Å². The predicted octanol–water partition coefficient (Wildman–Crippen LogP) is 1.47. The third-order valence-corrected chi connectivity index (χ3v) is 2.96. The first-order valence-electron chi connectivity index (χ1n) is 6.37. The molecule has 1 aliphatic rings. The minimum Gasteiger partial charge on any atom is -0.399 e. The zero-order valence-corrected chi connectivity index (χ0v) is 11.0. The van der Waals surface area contributed by atoms with Crippen molar-refractivity contribution in [3.63, 3.8) is 0 Å². The van der Waals surface area contributed by atoms with Gasteiger partial charge in [0, 0.05) is 23.9 Å². The van der Waals surface area contributed by atoms with E-state index in [4.69, 9.17) is 16.6 Å². The smallest absolute Gasteiger partial charge is 0.184 e. The second-order valence-corrected chi connectivity index (χ2v) is 4.55. The van der Waals surface area contributed by atoms with E-state index in [1.54, 1.807) is 30.3 Å². The summed E-state index contributed by atoms with van der Waals surface area (Å²) in [6.45, 7) is 0.0499. The van der Waals surface area contributed by atoms with Crippen molar-refractivity contribution in [2.24, 2.45) is 10.7 Å². The Labute approximate surface area is 117 Å². The van der Waals surface area contributed by atoms with E-state index in [0.717, 1.165) is 5.69 Å². The van der Waals surface area contributed by atoms with Crippen LogP contribution in [0.25, 0.3) is 0 Å². The molecule has 0 amide bonds. The molecule has 0 aromatic heterocycles. The average molecular weight is 271 g/mol. The fraction of sp³-hybridized carbons (Fsp3) is 0.200. The SMILES string of the molecule is NC1=CC(=O)C(CCCO)=CC1=Nc1ccc(N)cc1. The Morgan fingerprint density at radius 1 is 1.10 bits per heavy atom. The number of rotatable bonds is 4. The highest BCUT2D eigenvalue weighted by Gasteiger charge is 2.16. The maximum absolute atomic E-state index is 11.8. The Hall–Kier alpha value is -2.40. The monoisotopic (exact) mass is 271 g/mol. The van der Waals surface area contributed by atoms with Crippen LogP contribution in [0.1, 0.15) is 12.8 Å². The van der Waals surface area contributed by atoms with Crippen molar-refractivity contribution in [3.8, 4) is 0 Å². The second-order valence-electron chi connectivity index (χ2n) is 4.55. The fourth-order valence-corrected chi connectivity index (χ4v) is 1.88. The molecule has 0 saturated carbocycles. The van der Waals surface area contributed by atoms with Crippen LogP contribution in [-0.2, 0) is 4.79 Å². The lowest BCUT2D eigenvalue weighted by molar-refractivity contribution is -0.111. The van der Waals surface area contributed by atoms with Crippen LogP contribution in [0.4, 0.5) is 11.4 Å². The first-order valence-corrected chi connectivity index (χ1v) is 6.37. The van der Waals surface area contributed by atoms with Crippen LogP contribution in [-0.4, -0.2) is 23.2 Å². The van der Waals surface area contributed by atoms with E-state index in [0.29, 0.717) is 35.5 Å². The van der Waals surface area contributed by atoms with E-state index in [1.807, 2.05) is 0 Å². The number of nitrogens with two attached hydrogens (primary N) is 2. The van der Waals surface area contributed by atoms with Crippen LogP contribution in [0.2, 0.25) is 0 Å². The number of carbonyl (C=O) groups excluding carboxylic acids is 1. The maximum atomic E-state index is 11.8. The molecule has 0 unspecified atom stereocenters. The maximum Gasteiger partial charge on any atom is 0.184 e. The van der Waals surface area contributed by atoms with Gasteiger partial charge in [0.2, 0.25) is 0 Å². The summed E-state index contributed by atoms with van der Waals surface area (Å²) in [5, 5.41) is 8.84. The Morgan fingerprint density at radius 2 is 1.80 bits per heavy atom. The summed E-state index contributed by atoms with van der Waals surface area (Å²) >= 11 is 0. The molecule has 5 heteroatoms. The van der Waals surface area contributed by atoms with Gasteiger partial charge >= 0.3 is 0 Å². The molecule has 0 radical (unpaired) electrons. The molecule has 5 nitrogen and oxygen atoms in total. The molecule has 0 aliphatic heterocycles. The molecular weight excluding hydrogens is 254 g/mol. The number of allylic oxidation sites excluding steroid dienone is 3. The number of aliphatic imine (C=N–C) groups is 1. The Kier molecular flexibility index (Phi) is 4.32. The molecule has 1 aromatic carbocycles. The first kappa shape index (κ1) is 14.0. The molecule has 1 aliphatic carbocycles. The zero-order valence-electron chi connectivity index (χ0n) is 11.0. The number of hydrogen-bond acceptors (Lipinski definition) is 5. The van der Waals surface area contributed by atoms with E-state index in [2.05, 4.69) is 4.99 Å². The van der Waals surface area contributed by atoms with Gasteiger partial charge in [0.15, 0.2) is 5.78 Å². The van der Waals surface area contributed by atoms with Gasteiger partial charge in [-0.05, 0) is 43.2 Å². The summed E-state index contributed by atoms with van der Waals surface area (Å²) in [6.07, 6.45) is 4.12. The van der Waals surface area contributed by atoms with Gasteiger partial charge in [-0.1, -0.05) is 0 Å². The summed E-state index contributed by atoms with van der Waals surface area (Å²) in [4.78, 5) is 16.2. The number of aliphatic hydroxyl groups is 1. The minimum absolute atomic E-state index is 0.0499. The van der Waals surface area contributed by atoms with Crippen molar-refractivity contribution < 1.29 is 9.90 Å². The van der Waals surface area contributed by atoms with Gasteiger partial charge < -0.3 is 16.6 Å². The van der Waals surface area contributed by atoms with Crippen molar-refractivity contribution in [3.05, 3.63) is 47.7 Å². The van der Waals surface area contributed by atoms with E-state index >= 15 is 0 Å². The number of hydrogen-bond donors (Lipinski definition) is 3. The van der Waals surface area contributed by atoms with E-state index in [1.165, 1.54) is 6.08 Å². The number of ketones is 1. The zero-order chi connectivity index (χ0) is 14.5. The van der Waals surface area contributed by atoms with Crippen LogP contribution in [0, 0.1) is 0 Å². The van der Waals surface area contributed by atoms with Crippen molar-refractivity contribution in [1.82, 2.24) is 0 Å². The van der Waals surface area contributed by atoms with Gasteiger partial charge in [0.25, 0.3) is 0 Å². The molecule has 104 valence electrons. The molecule has 1 aromatic rings. The van der Waals surface area contributed by atoms with Crippen molar-refractivity contribution >= 4 is 22.9 Å². The Bertz CT molecular complexity index is 598. The number of nitrogens with zero attached hydrogens (tertiary/aromatic N) is 1. The summed E-state index contributed by atoms with van der Waals surface area (Å²) < 4.78 is 0. The molecule has 0 heterocycles. The topological polar surface area (TPSA) is 102 Å². The fourth-order valence-electron chi connectivity index (χ4n) is 1.88. The first-order chi connectivity index (χ1) is 9.60. The summed E-state index contributed by atoms with van der Waals surface area (Å²) in [7, 11) is 0. The predicted molar refractivity (Wildman–Crippen MR) is 79.6 cm³/mol. The quantitative estimate of drug-likeness (QED) is 0.570. The Balaban J connectivity index is 2.28. The van der Waals surface area contributed by atoms with Crippen LogP contribution < -0.4 is 11.5 Å². The normalized spacial score (nSPS) is 17.1. The van der Waals surface area contributed by atoms with Gasteiger partial charge in [-0.25, -0.2) is 4.99 Å². The van der Waals surface area contributed by atoms with Crippen molar-refractivity contribution in [2.75, 3.05) is 12.3 Å². The summed E-state index contributed by atoms with van der Waals surface area (Å²) in [5.74, 6) is -0.118. The standard InChI is InChI=1S/C15H17N3O2/c16-11-3-5-12(6-4-11)18-14-8-10(2-1-7-19)15(20)9-13(14)17/h3-6,8-9,19H,1-2,7,16-17H2. The third kappa shape index (κ3) is 3.33. The van der Waals surface area contributed by atoms with Gasteiger partial charge in [-0.15, -0.1) is 0 Å². The highest BCUT2D eigenvalue weighted by Crippen LogP contribution is 2.19. The number of anilines is 1. The number of nitrogen functional groups attached to an aromatic ring is 1. The van der Waals surface area contributed by atoms with Gasteiger partial charge in [0.05, 0.1) is 17.1 Å². The molecule has 0 saturated heterocycles. The lowest BCUT2D eigenvalue weighted by Crippen LogP contribution is -2.18. The average Bonchev–Trinajstić information content (AvgIpc) is 2.43. The van der Waals surface area contributed by atoms with Crippen LogP contribution in [0.15, 0.2) is 52.7 Å². The van der Waals surface area contributed by atoms with Crippen LogP contribution in [0.5, 0.6) is 0 Å². The summed E-state index contributed by atoms with van der Waals surface area (Å²) in [6, 6.07) is 7.08. The lowest BCUT2D eigenvalue weighted by atomic mass is 9.97. The molecule has 0 spiro atoms.